The van der Waals surface area contributed by atoms with E-state index in [4.69, 9.17) is 15.4 Å². The van der Waals surface area contributed by atoms with Crippen molar-refractivity contribution in [2.45, 2.75) is 25.2 Å². The van der Waals surface area contributed by atoms with Gasteiger partial charge in [0.1, 0.15) is 10.6 Å². The van der Waals surface area contributed by atoms with Crippen LogP contribution in [0, 0.1) is 6.92 Å². The quantitative estimate of drug-likeness (QED) is 0.593. The first-order valence-corrected chi connectivity index (χ1v) is 8.34. The fourth-order valence-electron chi connectivity index (χ4n) is 1.39. The molecule has 0 radical (unpaired) electrons. The third-order valence-electron chi connectivity index (χ3n) is 2.24. The van der Waals surface area contributed by atoms with E-state index in [1.807, 2.05) is 6.92 Å². The van der Waals surface area contributed by atoms with E-state index in [0.717, 1.165) is 5.57 Å². The van der Waals surface area contributed by atoms with Gasteiger partial charge in [0.2, 0.25) is 0 Å². The second-order valence-corrected chi connectivity index (χ2v) is 7.49. The molecule has 1 rings (SSSR count). The van der Waals surface area contributed by atoms with Gasteiger partial charge in [-0.3, -0.25) is 0 Å². The molecule has 0 saturated carbocycles. The first-order chi connectivity index (χ1) is 8.21. The van der Waals surface area contributed by atoms with E-state index >= 15 is 0 Å². The lowest BCUT2D eigenvalue weighted by atomic mass is 10.2. The number of halogens is 2. The molecule has 1 aromatic carbocycles. The highest BCUT2D eigenvalue weighted by Crippen LogP contribution is 2.33. The molecular formula is C12H14BrClO3S. The van der Waals surface area contributed by atoms with Gasteiger partial charge in [0.15, 0.2) is 0 Å². The summed E-state index contributed by atoms with van der Waals surface area (Å²) in [7, 11) is 1.57. The van der Waals surface area contributed by atoms with Crippen molar-refractivity contribution in [3.63, 3.8) is 0 Å². The van der Waals surface area contributed by atoms with Crippen LogP contribution in [0.25, 0.3) is 0 Å². The minimum atomic E-state index is -3.83. The Labute approximate surface area is 120 Å². The molecule has 0 aliphatic carbocycles. The highest BCUT2D eigenvalue weighted by molar-refractivity contribution is 9.10. The van der Waals surface area contributed by atoms with E-state index in [1.54, 1.807) is 13.0 Å². The van der Waals surface area contributed by atoms with Crippen LogP contribution in [0.15, 0.2) is 33.7 Å². The van der Waals surface area contributed by atoms with Crippen LogP contribution in [0.5, 0.6) is 5.75 Å². The van der Waals surface area contributed by atoms with Crippen molar-refractivity contribution in [2.75, 3.05) is 6.61 Å². The Bertz CT molecular complexity index is 567. The van der Waals surface area contributed by atoms with Gasteiger partial charge >= 0.3 is 0 Å². The third-order valence-corrected chi connectivity index (χ3v) is 4.03. The van der Waals surface area contributed by atoms with Crippen molar-refractivity contribution in [1.82, 2.24) is 0 Å². The van der Waals surface area contributed by atoms with E-state index in [2.05, 4.69) is 22.5 Å². The molecule has 0 aliphatic rings. The van der Waals surface area contributed by atoms with Crippen LogP contribution in [0.4, 0.5) is 0 Å². The Kier molecular flexibility index (Phi) is 5.25. The molecule has 0 unspecified atom stereocenters. The largest absolute Gasteiger partial charge is 0.492 e. The smallest absolute Gasteiger partial charge is 0.265 e. The van der Waals surface area contributed by atoms with Gasteiger partial charge in [0, 0.05) is 21.6 Å². The Morgan fingerprint density at radius 2 is 2.11 bits per heavy atom. The summed E-state index contributed by atoms with van der Waals surface area (Å²) >= 11 is 3.24. The number of aryl methyl sites for hydroxylation is 1. The van der Waals surface area contributed by atoms with Crippen molar-refractivity contribution < 1.29 is 13.2 Å². The molecule has 3 nitrogen and oxygen atoms in total. The van der Waals surface area contributed by atoms with E-state index in [-0.39, 0.29) is 4.90 Å². The second kappa shape index (κ2) is 6.08. The maximum Gasteiger partial charge on any atom is 0.265 e. The molecule has 0 aliphatic heterocycles. The highest BCUT2D eigenvalue weighted by Gasteiger charge is 2.19. The van der Waals surface area contributed by atoms with E-state index in [1.165, 1.54) is 6.07 Å². The Hall–Kier alpha value is -0.520. The van der Waals surface area contributed by atoms with Gasteiger partial charge < -0.3 is 4.74 Å². The lowest BCUT2D eigenvalue weighted by Gasteiger charge is -2.13. The molecule has 100 valence electrons. The van der Waals surface area contributed by atoms with E-state index < -0.39 is 9.05 Å². The summed E-state index contributed by atoms with van der Waals surface area (Å²) in [6.07, 6.45) is 0.664. The zero-order valence-corrected chi connectivity index (χ0v) is 13.3. The van der Waals surface area contributed by atoms with Crippen LogP contribution in [0.2, 0.25) is 0 Å². The van der Waals surface area contributed by atoms with Gasteiger partial charge in [-0.2, -0.15) is 0 Å². The highest BCUT2D eigenvalue weighted by atomic mass is 79.9. The van der Waals surface area contributed by atoms with E-state index in [9.17, 15) is 8.42 Å². The van der Waals surface area contributed by atoms with Gasteiger partial charge in [0.05, 0.1) is 6.61 Å². The van der Waals surface area contributed by atoms with Gasteiger partial charge in [-0.05, 0) is 31.5 Å². The summed E-state index contributed by atoms with van der Waals surface area (Å²) in [6.45, 7) is 7.79. The summed E-state index contributed by atoms with van der Waals surface area (Å²) in [5.74, 6) is 0.300. The summed E-state index contributed by atoms with van der Waals surface area (Å²) in [5.41, 5.74) is 1.69. The molecule has 0 aromatic heterocycles. The number of hydrogen-bond donors (Lipinski definition) is 0. The van der Waals surface area contributed by atoms with Crippen LogP contribution in [-0.2, 0) is 9.05 Å². The summed E-state index contributed by atoms with van der Waals surface area (Å²) < 4.78 is 29.2. The van der Waals surface area contributed by atoms with Crippen molar-refractivity contribution in [3.05, 3.63) is 34.3 Å². The average Bonchev–Trinajstić information content (AvgIpc) is 2.18. The number of ether oxygens (including phenoxy) is 1. The van der Waals surface area contributed by atoms with Crippen molar-refractivity contribution >= 4 is 35.7 Å². The van der Waals surface area contributed by atoms with Gasteiger partial charge in [-0.1, -0.05) is 21.5 Å². The average molecular weight is 354 g/mol. The SMILES string of the molecule is C=C(C)CCOc1c(C)cc(Br)cc1S(=O)(=O)Cl. The molecule has 0 spiro atoms. The lowest BCUT2D eigenvalue weighted by molar-refractivity contribution is 0.311. The fraction of sp³-hybridized carbons (Fsp3) is 0.333. The second-order valence-electron chi connectivity index (χ2n) is 4.04. The van der Waals surface area contributed by atoms with Crippen LogP contribution in [0.1, 0.15) is 18.9 Å². The van der Waals surface area contributed by atoms with E-state index in [0.29, 0.717) is 28.8 Å². The van der Waals surface area contributed by atoms with Crippen molar-refractivity contribution in [2.24, 2.45) is 0 Å². The molecule has 6 heteroatoms. The first-order valence-electron chi connectivity index (χ1n) is 5.24. The van der Waals surface area contributed by atoms with Crippen LogP contribution < -0.4 is 4.74 Å². The normalized spacial score (nSPS) is 11.3. The molecular weight excluding hydrogens is 340 g/mol. The molecule has 0 fully saturated rings. The maximum absolute atomic E-state index is 11.5. The predicted molar refractivity (Wildman–Crippen MR) is 76.8 cm³/mol. The third kappa shape index (κ3) is 4.30. The minimum absolute atomic E-state index is 0.0160. The van der Waals surface area contributed by atoms with Crippen molar-refractivity contribution in [3.8, 4) is 5.75 Å². The zero-order valence-electron chi connectivity index (χ0n) is 10.2. The lowest BCUT2D eigenvalue weighted by Crippen LogP contribution is -2.04. The van der Waals surface area contributed by atoms with Crippen LogP contribution >= 0.6 is 26.6 Å². The van der Waals surface area contributed by atoms with Gasteiger partial charge in [-0.25, -0.2) is 8.42 Å². The Balaban J connectivity index is 3.13. The van der Waals surface area contributed by atoms with Crippen LogP contribution in [-0.4, -0.2) is 15.0 Å². The molecule has 0 atom stereocenters. The molecule has 0 saturated heterocycles. The molecule has 0 heterocycles. The fourth-order valence-corrected chi connectivity index (χ4v) is 3.17. The Morgan fingerprint density at radius 1 is 1.50 bits per heavy atom. The standard InChI is InChI=1S/C12H14BrClO3S/c1-8(2)4-5-17-12-9(3)6-10(13)7-11(12)18(14,15)16/h6-7H,1,4-5H2,2-3H3. The number of hydrogen-bond acceptors (Lipinski definition) is 3. The first kappa shape index (κ1) is 15.5. The van der Waals surface area contributed by atoms with Gasteiger partial charge in [-0.15, -0.1) is 6.58 Å². The number of benzene rings is 1. The number of rotatable bonds is 5. The summed E-state index contributed by atoms with van der Waals surface area (Å²) in [6, 6.07) is 3.22. The van der Waals surface area contributed by atoms with Gasteiger partial charge in [0.25, 0.3) is 9.05 Å². The topological polar surface area (TPSA) is 43.4 Å². The molecule has 0 amide bonds. The molecule has 1 aromatic rings. The predicted octanol–water partition coefficient (Wildman–Crippen LogP) is 4.03. The molecule has 0 N–H and O–H groups in total. The zero-order chi connectivity index (χ0) is 13.9. The molecule has 0 bridgehead atoms. The van der Waals surface area contributed by atoms with Crippen LogP contribution in [0.3, 0.4) is 0 Å². The van der Waals surface area contributed by atoms with Crippen molar-refractivity contribution in [1.29, 1.82) is 0 Å². The molecule has 18 heavy (non-hydrogen) atoms. The minimum Gasteiger partial charge on any atom is -0.492 e. The summed E-state index contributed by atoms with van der Waals surface area (Å²) in [5, 5.41) is 0. The maximum atomic E-state index is 11.5. The monoisotopic (exact) mass is 352 g/mol. The Morgan fingerprint density at radius 3 is 2.61 bits per heavy atom. The summed E-state index contributed by atoms with van der Waals surface area (Å²) in [4.78, 5) is -0.0160.